The van der Waals surface area contributed by atoms with Crippen molar-refractivity contribution in [3.05, 3.63) is 103 Å². The Labute approximate surface area is 149 Å². The molecular formula is C24H21N. The van der Waals surface area contributed by atoms with Crippen molar-refractivity contribution in [1.29, 1.82) is 0 Å². The van der Waals surface area contributed by atoms with Crippen LogP contribution in [0.3, 0.4) is 0 Å². The van der Waals surface area contributed by atoms with Gasteiger partial charge in [-0.05, 0) is 46.5 Å². The van der Waals surface area contributed by atoms with E-state index in [9.17, 15) is 0 Å². The molecule has 0 aliphatic carbocycles. The third kappa shape index (κ3) is 3.27. The van der Waals surface area contributed by atoms with Crippen LogP contribution in [0.5, 0.6) is 0 Å². The molecule has 0 spiro atoms. The highest BCUT2D eigenvalue weighted by atomic mass is 14.9. The summed E-state index contributed by atoms with van der Waals surface area (Å²) >= 11 is 0. The van der Waals surface area contributed by atoms with E-state index in [2.05, 4.69) is 103 Å². The van der Waals surface area contributed by atoms with E-state index in [0.29, 0.717) is 0 Å². The van der Waals surface area contributed by atoms with Gasteiger partial charge in [-0.15, -0.1) is 0 Å². The maximum atomic E-state index is 3.63. The number of fused-ring (bicyclic) bond motifs is 1. The Morgan fingerprint density at radius 2 is 1.24 bits per heavy atom. The van der Waals surface area contributed by atoms with Gasteiger partial charge in [-0.2, -0.15) is 0 Å². The summed E-state index contributed by atoms with van der Waals surface area (Å²) in [5, 5.41) is 6.23. The van der Waals surface area contributed by atoms with E-state index in [-0.39, 0.29) is 6.04 Å². The molecule has 25 heavy (non-hydrogen) atoms. The fourth-order valence-electron chi connectivity index (χ4n) is 3.35. The summed E-state index contributed by atoms with van der Waals surface area (Å²) in [4.78, 5) is 0. The summed E-state index contributed by atoms with van der Waals surface area (Å²) in [5.74, 6) is 0. The second-order valence-corrected chi connectivity index (χ2v) is 6.38. The minimum Gasteiger partial charge on any atom is -0.378 e. The van der Waals surface area contributed by atoms with Crippen molar-refractivity contribution in [2.24, 2.45) is 0 Å². The Bertz CT molecular complexity index is 966. The molecule has 1 atom stereocenters. The van der Waals surface area contributed by atoms with Gasteiger partial charge in [-0.1, -0.05) is 84.9 Å². The maximum Gasteiger partial charge on any atom is 0.0491 e. The van der Waals surface area contributed by atoms with Gasteiger partial charge in [0.15, 0.2) is 0 Å². The normalized spacial score (nSPS) is 12.0. The number of hydrogen-bond donors (Lipinski definition) is 1. The van der Waals surface area contributed by atoms with Crippen LogP contribution in [0, 0.1) is 0 Å². The molecule has 4 aromatic rings. The molecule has 0 aromatic heterocycles. The molecule has 0 saturated heterocycles. The fourth-order valence-corrected chi connectivity index (χ4v) is 3.35. The van der Waals surface area contributed by atoms with E-state index < -0.39 is 0 Å². The number of rotatable bonds is 4. The molecule has 122 valence electrons. The largest absolute Gasteiger partial charge is 0.378 e. The molecule has 4 aromatic carbocycles. The lowest BCUT2D eigenvalue weighted by Crippen LogP contribution is -2.07. The summed E-state index contributed by atoms with van der Waals surface area (Å²) in [5.41, 5.74) is 4.95. The second kappa shape index (κ2) is 6.82. The van der Waals surface area contributed by atoms with Gasteiger partial charge in [-0.3, -0.25) is 0 Å². The average molecular weight is 323 g/mol. The Hall–Kier alpha value is -3.06. The van der Waals surface area contributed by atoms with Crippen molar-refractivity contribution in [1.82, 2.24) is 0 Å². The molecule has 0 fully saturated rings. The quantitative estimate of drug-likeness (QED) is 0.441. The first-order chi connectivity index (χ1) is 12.3. The first kappa shape index (κ1) is 15.5. The molecule has 0 amide bonds. The van der Waals surface area contributed by atoms with Gasteiger partial charge in [0.05, 0.1) is 0 Å². The SMILES string of the molecule is CC(Nc1ccc(-c2ccccc2)cc1)c1cccc2ccccc12. The van der Waals surface area contributed by atoms with Crippen LogP contribution in [-0.2, 0) is 0 Å². The molecule has 1 N–H and O–H groups in total. The molecule has 1 nitrogen and oxygen atoms in total. The molecule has 0 heterocycles. The van der Waals surface area contributed by atoms with E-state index in [1.54, 1.807) is 0 Å². The van der Waals surface area contributed by atoms with E-state index in [1.807, 2.05) is 6.07 Å². The van der Waals surface area contributed by atoms with Crippen LogP contribution >= 0.6 is 0 Å². The standard InChI is InChI=1S/C24H21N/c1-18(23-13-7-11-21-10-5-6-12-24(21)23)25-22-16-14-20(15-17-22)19-8-3-2-4-9-19/h2-18,25H,1H3. The lowest BCUT2D eigenvalue weighted by atomic mass is 9.99. The molecular weight excluding hydrogens is 302 g/mol. The van der Waals surface area contributed by atoms with Crippen molar-refractivity contribution >= 4 is 16.5 Å². The second-order valence-electron chi connectivity index (χ2n) is 6.38. The average Bonchev–Trinajstić information content (AvgIpc) is 2.69. The fraction of sp³-hybridized carbons (Fsp3) is 0.0833. The summed E-state index contributed by atoms with van der Waals surface area (Å²) in [7, 11) is 0. The summed E-state index contributed by atoms with van der Waals surface area (Å²) < 4.78 is 0. The van der Waals surface area contributed by atoms with Gasteiger partial charge in [0, 0.05) is 11.7 Å². The number of nitrogens with one attached hydrogen (secondary N) is 1. The highest BCUT2D eigenvalue weighted by molar-refractivity contribution is 5.86. The highest BCUT2D eigenvalue weighted by Gasteiger charge is 2.09. The molecule has 0 saturated carbocycles. The first-order valence-electron chi connectivity index (χ1n) is 8.71. The molecule has 0 aliphatic rings. The molecule has 0 aliphatic heterocycles. The Balaban J connectivity index is 1.57. The van der Waals surface area contributed by atoms with Crippen LogP contribution in [-0.4, -0.2) is 0 Å². The van der Waals surface area contributed by atoms with Crippen LogP contribution in [0.4, 0.5) is 5.69 Å². The predicted octanol–water partition coefficient (Wildman–Crippen LogP) is 6.68. The maximum absolute atomic E-state index is 3.63. The lowest BCUT2D eigenvalue weighted by molar-refractivity contribution is 0.895. The molecule has 4 rings (SSSR count). The van der Waals surface area contributed by atoms with Crippen molar-refractivity contribution in [3.63, 3.8) is 0 Å². The zero-order valence-corrected chi connectivity index (χ0v) is 14.3. The third-order valence-corrected chi connectivity index (χ3v) is 4.67. The molecule has 0 radical (unpaired) electrons. The minimum atomic E-state index is 0.244. The summed E-state index contributed by atoms with van der Waals surface area (Å²) in [6.07, 6.45) is 0. The molecule has 1 heteroatoms. The zero-order chi connectivity index (χ0) is 17.1. The van der Waals surface area contributed by atoms with Gasteiger partial charge in [0.25, 0.3) is 0 Å². The number of anilines is 1. The van der Waals surface area contributed by atoms with Gasteiger partial charge in [0.2, 0.25) is 0 Å². The third-order valence-electron chi connectivity index (χ3n) is 4.67. The highest BCUT2D eigenvalue weighted by Crippen LogP contribution is 2.28. The lowest BCUT2D eigenvalue weighted by Gasteiger charge is -2.18. The Kier molecular flexibility index (Phi) is 4.22. The van der Waals surface area contributed by atoms with E-state index in [1.165, 1.54) is 27.5 Å². The topological polar surface area (TPSA) is 12.0 Å². The smallest absolute Gasteiger partial charge is 0.0491 e. The van der Waals surface area contributed by atoms with Gasteiger partial charge in [0.1, 0.15) is 0 Å². The summed E-state index contributed by atoms with van der Waals surface area (Å²) in [6, 6.07) is 34.4. The van der Waals surface area contributed by atoms with Crippen LogP contribution in [0.2, 0.25) is 0 Å². The van der Waals surface area contributed by atoms with Crippen molar-refractivity contribution in [2.45, 2.75) is 13.0 Å². The van der Waals surface area contributed by atoms with Gasteiger partial charge >= 0.3 is 0 Å². The predicted molar refractivity (Wildman–Crippen MR) is 108 cm³/mol. The monoisotopic (exact) mass is 323 g/mol. The van der Waals surface area contributed by atoms with Gasteiger partial charge in [-0.25, -0.2) is 0 Å². The van der Waals surface area contributed by atoms with Crippen molar-refractivity contribution in [3.8, 4) is 11.1 Å². The minimum absolute atomic E-state index is 0.244. The molecule has 1 unspecified atom stereocenters. The Morgan fingerprint density at radius 1 is 0.600 bits per heavy atom. The van der Waals surface area contributed by atoms with Gasteiger partial charge < -0.3 is 5.32 Å². The number of benzene rings is 4. The number of hydrogen-bond acceptors (Lipinski definition) is 1. The van der Waals surface area contributed by atoms with E-state index in [0.717, 1.165) is 5.69 Å². The van der Waals surface area contributed by atoms with Crippen LogP contribution in [0.1, 0.15) is 18.5 Å². The van der Waals surface area contributed by atoms with E-state index >= 15 is 0 Å². The zero-order valence-electron chi connectivity index (χ0n) is 14.3. The van der Waals surface area contributed by atoms with E-state index in [4.69, 9.17) is 0 Å². The van der Waals surface area contributed by atoms with Crippen LogP contribution < -0.4 is 5.32 Å². The molecule has 0 bridgehead atoms. The summed E-state index contributed by atoms with van der Waals surface area (Å²) in [6.45, 7) is 2.22. The Morgan fingerprint density at radius 3 is 2.04 bits per heavy atom. The first-order valence-corrected chi connectivity index (χ1v) is 8.71. The van der Waals surface area contributed by atoms with Crippen LogP contribution in [0.25, 0.3) is 21.9 Å². The van der Waals surface area contributed by atoms with Crippen molar-refractivity contribution < 1.29 is 0 Å². The van der Waals surface area contributed by atoms with Crippen LogP contribution in [0.15, 0.2) is 97.1 Å². The van der Waals surface area contributed by atoms with Crippen molar-refractivity contribution in [2.75, 3.05) is 5.32 Å².